The Bertz CT molecular complexity index is 924. The molecule has 0 radical (unpaired) electrons. The molecule has 1 N–H and O–H groups in total. The predicted octanol–water partition coefficient (Wildman–Crippen LogP) is 3.27. The quantitative estimate of drug-likeness (QED) is 0.685. The van der Waals surface area contributed by atoms with Gasteiger partial charge in [-0.1, -0.05) is 0 Å². The maximum absolute atomic E-state index is 12.3. The molecule has 0 aliphatic carbocycles. The summed E-state index contributed by atoms with van der Waals surface area (Å²) in [6.45, 7) is 4.88. The van der Waals surface area contributed by atoms with Crippen molar-refractivity contribution in [1.82, 2.24) is 0 Å². The van der Waals surface area contributed by atoms with Crippen molar-refractivity contribution in [3.8, 4) is 11.5 Å². The summed E-state index contributed by atoms with van der Waals surface area (Å²) in [6.07, 6.45) is 0. The largest absolute Gasteiger partial charge is 0.496 e. The summed E-state index contributed by atoms with van der Waals surface area (Å²) in [5, 5.41) is 2.95. The van der Waals surface area contributed by atoms with Gasteiger partial charge in [0.25, 0.3) is 5.91 Å². The lowest BCUT2D eigenvalue weighted by Gasteiger charge is -2.12. The molecule has 0 aliphatic heterocycles. The fourth-order valence-electron chi connectivity index (χ4n) is 2.64. The lowest BCUT2D eigenvalue weighted by molar-refractivity contribution is -0.119. The normalized spacial score (nSPS) is 10.3. The van der Waals surface area contributed by atoms with Crippen LogP contribution >= 0.6 is 11.3 Å². The van der Waals surface area contributed by atoms with Gasteiger partial charge in [-0.2, -0.15) is 0 Å². The van der Waals surface area contributed by atoms with Crippen LogP contribution in [-0.4, -0.2) is 45.8 Å². The molecule has 0 bridgehead atoms. The molecule has 2 rings (SSSR count). The van der Waals surface area contributed by atoms with Crippen molar-refractivity contribution in [2.75, 3.05) is 33.3 Å². The average Bonchev–Trinajstić information content (AvgIpc) is 2.98. The Morgan fingerprint density at radius 1 is 0.931 bits per heavy atom. The van der Waals surface area contributed by atoms with Crippen molar-refractivity contribution < 1.29 is 33.3 Å². The van der Waals surface area contributed by atoms with Crippen LogP contribution in [0.3, 0.4) is 0 Å². The lowest BCUT2D eigenvalue weighted by atomic mass is 10.1. The Hall–Kier alpha value is -3.07. The third-order valence-corrected chi connectivity index (χ3v) is 5.47. The first-order valence-electron chi connectivity index (χ1n) is 8.61. The SMILES string of the molecule is COC(=O)c1c(NC(=O)COC(=O)c2cc(OC)c(C)c(OC)c2)sc(C)c1C. The van der Waals surface area contributed by atoms with E-state index in [0.717, 1.165) is 16.0 Å². The second-order valence-corrected chi connectivity index (χ2v) is 7.33. The number of nitrogens with one attached hydrogen (secondary N) is 1. The fraction of sp³-hybridized carbons (Fsp3) is 0.350. The van der Waals surface area contributed by atoms with E-state index >= 15 is 0 Å². The van der Waals surface area contributed by atoms with Gasteiger partial charge in [-0.15, -0.1) is 11.3 Å². The molecule has 0 unspecified atom stereocenters. The maximum Gasteiger partial charge on any atom is 0.341 e. The van der Waals surface area contributed by atoms with Gasteiger partial charge >= 0.3 is 11.9 Å². The number of rotatable bonds is 7. The predicted molar refractivity (Wildman–Crippen MR) is 108 cm³/mol. The van der Waals surface area contributed by atoms with Crippen molar-refractivity contribution in [3.05, 3.63) is 39.3 Å². The monoisotopic (exact) mass is 421 g/mol. The van der Waals surface area contributed by atoms with Crippen LogP contribution in [0.25, 0.3) is 0 Å². The van der Waals surface area contributed by atoms with Crippen LogP contribution in [0.1, 0.15) is 36.7 Å². The maximum atomic E-state index is 12.3. The van der Waals surface area contributed by atoms with E-state index < -0.39 is 24.5 Å². The second kappa shape index (κ2) is 9.42. The zero-order chi connectivity index (χ0) is 21.7. The van der Waals surface area contributed by atoms with Crippen molar-refractivity contribution >= 4 is 34.2 Å². The van der Waals surface area contributed by atoms with Crippen LogP contribution in [-0.2, 0) is 14.3 Å². The van der Waals surface area contributed by atoms with E-state index in [1.165, 1.54) is 44.8 Å². The van der Waals surface area contributed by atoms with E-state index in [-0.39, 0.29) is 5.56 Å². The molecule has 2 aromatic rings. The summed E-state index contributed by atoms with van der Waals surface area (Å²) < 4.78 is 20.3. The van der Waals surface area contributed by atoms with Gasteiger partial charge in [-0.05, 0) is 38.5 Å². The summed E-state index contributed by atoms with van der Waals surface area (Å²) in [5.74, 6) is -0.890. The molecule has 156 valence electrons. The fourth-order valence-corrected chi connectivity index (χ4v) is 3.71. The molecule has 1 aromatic heterocycles. The van der Waals surface area contributed by atoms with Crippen molar-refractivity contribution in [3.63, 3.8) is 0 Å². The standard InChI is InChI=1S/C20H23NO7S/c1-10-12(3)29-18(17(10)20(24)27-6)21-16(22)9-28-19(23)13-7-14(25-4)11(2)15(8-13)26-5/h7-8H,9H2,1-6H3,(H,21,22). The van der Waals surface area contributed by atoms with Gasteiger partial charge in [0.2, 0.25) is 0 Å². The van der Waals surface area contributed by atoms with Crippen molar-refractivity contribution in [2.24, 2.45) is 0 Å². The number of amides is 1. The molecule has 29 heavy (non-hydrogen) atoms. The number of carbonyl (C=O) groups excluding carboxylic acids is 3. The highest BCUT2D eigenvalue weighted by molar-refractivity contribution is 7.16. The van der Waals surface area contributed by atoms with Gasteiger partial charge in [0.05, 0.1) is 32.5 Å². The number of hydrogen-bond donors (Lipinski definition) is 1. The molecule has 0 aliphatic rings. The third-order valence-electron chi connectivity index (χ3n) is 4.35. The number of carbonyl (C=O) groups is 3. The Morgan fingerprint density at radius 3 is 2.03 bits per heavy atom. The molecule has 0 saturated heterocycles. The van der Waals surface area contributed by atoms with Gasteiger partial charge in [-0.3, -0.25) is 4.79 Å². The van der Waals surface area contributed by atoms with E-state index in [4.69, 9.17) is 18.9 Å². The smallest absolute Gasteiger partial charge is 0.341 e. The number of benzene rings is 1. The van der Waals surface area contributed by atoms with Crippen molar-refractivity contribution in [2.45, 2.75) is 20.8 Å². The Balaban J connectivity index is 2.10. The van der Waals surface area contributed by atoms with Crippen LogP contribution in [0, 0.1) is 20.8 Å². The zero-order valence-electron chi connectivity index (χ0n) is 17.1. The highest BCUT2D eigenvalue weighted by atomic mass is 32.1. The van der Waals surface area contributed by atoms with E-state index in [2.05, 4.69) is 5.32 Å². The number of hydrogen-bond acceptors (Lipinski definition) is 8. The Morgan fingerprint density at radius 2 is 1.52 bits per heavy atom. The van der Waals surface area contributed by atoms with Gasteiger partial charge in [0.1, 0.15) is 16.5 Å². The highest BCUT2D eigenvalue weighted by Gasteiger charge is 2.22. The number of aryl methyl sites for hydroxylation is 1. The van der Waals surface area contributed by atoms with Crippen LogP contribution in [0.4, 0.5) is 5.00 Å². The second-order valence-electron chi connectivity index (χ2n) is 6.11. The van der Waals surface area contributed by atoms with Crippen LogP contribution in [0.2, 0.25) is 0 Å². The molecule has 0 saturated carbocycles. The molecule has 9 heteroatoms. The lowest BCUT2D eigenvalue weighted by Crippen LogP contribution is -2.21. The molecular formula is C20H23NO7S. The molecule has 0 fully saturated rings. The van der Waals surface area contributed by atoms with Gasteiger partial charge in [0, 0.05) is 10.4 Å². The Kier molecular flexibility index (Phi) is 7.22. The van der Waals surface area contributed by atoms with Crippen molar-refractivity contribution in [1.29, 1.82) is 0 Å². The molecule has 0 spiro atoms. The molecular weight excluding hydrogens is 398 g/mol. The minimum atomic E-state index is -0.705. The van der Waals surface area contributed by atoms with Gasteiger partial charge in [0.15, 0.2) is 6.61 Å². The molecule has 8 nitrogen and oxygen atoms in total. The molecule has 1 heterocycles. The minimum absolute atomic E-state index is 0.190. The van der Waals surface area contributed by atoms with Crippen LogP contribution < -0.4 is 14.8 Å². The summed E-state index contributed by atoms with van der Waals surface area (Å²) in [7, 11) is 4.23. The zero-order valence-corrected chi connectivity index (χ0v) is 17.9. The van der Waals surface area contributed by atoms with Crippen LogP contribution in [0.15, 0.2) is 12.1 Å². The van der Waals surface area contributed by atoms with Gasteiger partial charge < -0.3 is 24.3 Å². The highest BCUT2D eigenvalue weighted by Crippen LogP contribution is 2.33. The number of anilines is 1. The van der Waals surface area contributed by atoms with E-state index in [1.54, 1.807) is 13.8 Å². The Labute approximate surface area is 172 Å². The first-order chi connectivity index (χ1) is 13.7. The van der Waals surface area contributed by atoms with Crippen LogP contribution in [0.5, 0.6) is 11.5 Å². The van der Waals surface area contributed by atoms with E-state index in [9.17, 15) is 14.4 Å². The first kappa shape index (κ1) is 22.2. The summed E-state index contributed by atoms with van der Waals surface area (Å²) >= 11 is 1.25. The number of methoxy groups -OCH3 is 3. The summed E-state index contributed by atoms with van der Waals surface area (Å²) in [4.78, 5) is 37.4. The minimum Gasteiger partial charge on any atom is -0.496 e. The number of esters is 2. The van der Waals surface area contributed by atoms with Gasteiger partial charge in [-0.25, -0.2) is 9.59 Å². The number of thiophene rings is 1. The topological polar surface area (TPSA) is 100 Å². The molecule has 1 aromatic carbocycles. The van der Waals surface area contributed by atoms with E-state index in [0.29, 0.717) is 22.1 Å². The third kappa shape index (κ3) is 4.86. The first-order valence-corrected chi connectivity index (χ1v) is 9.43. The molecule has 0 atom stereocenters. The molecule has 1 amide bonds. The summed E-state index contributed by atoms with van der Waals surface area (Å²) in [5.41, 5.74) is 1.95. The van der Waals surface area contributed by atoms with E-state index in [1.807, 2.05) is 6.92 Å². The number of ether oxygens (including phenoxy) is 4. The summed E-state index contributed by atoms with van der Waals surface area (Å²) in [6, 6.07) is 3.03. The average molecular weight is 421 g/mol.